The van der Waals surface area contributed by atoms with Crippen LogP contribution in [-0.2, 0) is 4.79 Å². The van der Waals surface area contributed by atoms with Crippen LogP contribution < -0.4 is 15.6 Å². The number of thioether (sulfide) groups is 1. The minimum Gasteiger partial charge on any atom is -0.506 e. The summed E-state index contributed by atoms with van der Waals surface area (Å²) in [5.74, 6) is -0.196. The number of nitro benzene ring substituents is 1. The van der Waals surface area contributed by atoms with Crippen LogP contribution in [-0.4, -0.2) is 38.8 Å². The van der Waals surface area contributed by atoms with Gasteiger partial charge in [0.05, 0.1) is 28.9 Å². The number of aromatic hydroxyl groups is 1. The number of nitro groups is 1. The van der Waals surface area contributed by atoms with Crippen LogP contribution in [0.25, 0.3) is 21.3 Å². The Labute approximate surface area is 200 Å². The summed E-state index contributed by atoms with van der Waals surface area (Å²) in [6.45, 7) is 1.92. The van der Waals surface area contributed by atoms with Gasteiger partial charge in [-0.2, -0.15) is 0 Å². The molecule has 0 aliphatic rings. The molecule has 0 saturated carbocycles. The highest BCUT2D eigenvalue weighted by Crippen LogP contribution is 2.34. The van der Waals surface area contributed by atoms with E-state index in [2.05, 4.69) is 15.3 Å². The van der Waals surface area contributed by atoms with Gasteiger partial charge in [0.2, 0.25) is 5.91 Å². The van der Waals surface area contributed by atoms with Gasteiger partial charge < -0.3 is 20.1 Å². The molecule has 4 aromatic rings. The van der Waals surface area contributed by atoms with E-state index in [4.69, 9.17) is 4.74 Å². The van der Waals surface area contributed by atoms with Crippen LogP contribution in [0.2, 0.25) is 0 Å². The molecule has 2 aromatic heterocycles. The van der Waals surface area contributed by atoms with Gasteiger partial charge in [-0.1, -0.05) is 17.8 Å². The quantitative estimate of drug-likeness (QED) is 0.112. The molecule has 12 heteroatoms. The molecule has 174 valence electrons. The average molecular weight is 499 g/mol. The number of rotatable bonds is 7. The number of hydrogen-bond donors (Lipinski definition) is 3. The summed E-state index contributed by atoms with van der Waals surface area (Å²) in [5, 5.41) is 25.7. The Morgan fingerprint density at radius 3 is 2.82 bits per heavy atom. The fourth-order valence-electron chi connectivity index (χ4n) is 3.31. The minimum absolute atomic E-state index is 0.0746. The number of non-ortho nitro benzene ring substituents is 1. The van der Waals surface area contributed by atoms with E-state index >= 15 is 0 Å². The summed E-state index contributed by atoms with van der Waals surface area (Å²) in [5.41, 5.74) is 1.90. The standard InChI is InChI=1S/C22H18N4O6S2/c1-11-7-12(3-6-17(11)32-2)14-9-33-21-19(14)20(29)24-22(25-21)34-10-18(28)23-15-8-13(26(30)31)4-5-16(15)27/h3-9,27H,10H2,1-2H3,(H,23,28)(H,24,25,29). The number of nitrogens with one attached hydrogen (secondary N) is 2. The van der Waals surface area contributed by atoms with Gasteiger partial charge in [-0.05, 0) is 36.2 Å². The Morgan fingerprint density at radius 1 is 1.32 bits per heavy atom. The van der Waals surface area contributed by atoms with Crippen molar-refractivity contribution in [2.75, 3.05) is 18.2 Å². The smallest absolute Gasteiger partial charge is 0.271 e. The number of phenolic OH excluding ortho intramolecular Hbond substituents is 1. The number of aromatic nitrogens is 2. The van der Waals surface area contributed by atoms with Crippen LogP contribution in [0.3, 0.4) is 0 Å². The van der Waals surface area contributed by atoms with E-state index in [-0.39, 0.29) is 33.6 Å². The molecule has 0 aliphatic carbocycles. The van der Waals surface area contributed by atoms with E-state index in [9.17, 15) is 24.8 Å². The van der Waals surface area contributed by atoms with Crippen molar-refractivity contribution in [3.8, 4) is 22.6 Å². The maximum absolute atomic E-state index is 12.8. The topological polar surface area (TPSA) is 147 Å². The predicted octanol–water partition coefficient (Wildman–Crippen LogP) is 4.31. The first kappa shape index (κ1) is 23.3. The number of carbonyl (C=O) groups excluding carboxylic acids is 1. The molecule has 0 spiro atoms. The lowest BCUT2D eigenvalue weighted by Gasteiger charge is -2.07. The van der Waals surface area contributed by atoms with Gasteiger partial charge in [0.15, 0.2) is 5.16 Å². The van der Waals surface area contributed by atoms with Gasteiger partial charge in [-0.15, -0.1) is 11.3 Å². The molecule has 10 nitrogen and oxygen atoms in total. The van der Waals surface area contributed by atoms with Gasteiger partial charge in [0.25, 0.3) is 11.2 Å². The molecule has 0 fully saturated rings. The molecule has 0 unspecified atom stereocenters. The average Bonchev–Trinajstić information content (AvgIpc) is 3.23. The van der Waals surface area contributed by atoms with E-state index in [1.165, 1.54) is 11.3 Å². The lowest BCUT2D eigenvalue weighted by atomic mass is 10.0. The number of nitrogens with zero attached hydrogens (tertiary/aromatic N) is 2. The number of aryl methyl sites for hydroxylation is 1. The summed E-state index contributed by atoms with van der Waals surface area (Å²) in [7, 11) is 1.60. The first-order chi connectivity index (χ1) is 16.3. The third kappa shape index (κ3) is 4.72. The third-order valence-corrected chi connectivity index (χ3v) is 6.68. The van der Waals surface area contributed by atoms with Crippen LogP contribution >= 0.6 is 23.1 Å². The minimum atomic E-state index is -0.629. The van der Waals surface area contributed by atoms with E-state index in [0.717, 1.165) is 52.4 Å². The molecule has 3 N–H and O–H groups in total. The number of amides is 1. The monoisotopic (exact) mass is 498 g/mol. The highest BCUT2D eigenvalue weighted by molar-refractivity contribution is 7.99. The molecule has 0 radical (unpaired) electrons. The molecule has 1 amide bonds. The second kappa shape index (κ2) is 9.53. The predicted molar refractivity (Wildman–Crippen MR) is 131 cm³/mol. The summed E-state index contributed by atoms with van der Waals surface area (Å²) in [6, 6.07) is 8.99. The first-order valence-electron chi connectivity index (χ1n) is 9.83. The first-order valence-corrected chi connectivity index (χ1v) is 11.7. The normalized spacial score (nSPS) is 10.9. The van der Waals surface area contributed by atoms with Crippen molar-refractivity contribution < 1.29 is 19.6 Å². The van der Waals surface area contributed by atoms with Gasteiger partial charge in [-0.3, -0.25) is 19.7 Å². The fourth-order valence-corrected chi connectivity index (χ4v) is 4.98. The highest BCUT2D eigenvalue weighted by Gasteiger charge is 2.16. The van der Waals surface area contributed by atoms with Crippen LogP contribution in [0.1, 0.15) is 5.56 Å². The number of fused-ring (bicyclic) bond motifs is 1. The number of benzene rings is 2. The number of H-pyrrole nitrogens is 1. The number of aromatic amines is 1. The Kier molecular flexibility index (Phi) is 6.52. The van der Waals surface area contributed by atoms with Crippen molar-refractivity contribution in [2.24, 2.45) is 0 Å². The van der Waals surface area contributed by atoms with Crippen LogP contribution in [0.4, 0.5) is 11.4 Å². The van der Waals surface area contributed by atoms with Crippen molar-refractivity contribution in [1.29, 1.82) is 0 Å². The molecule has 4 rings (SSSR count). The Hall–Kier alpha value is -3.90. The van der Waals surface area contributed by atoms with Crippen molar-refractivity contribution >= 4 is 50.6 Å². The second-order valence-electron chi connectivity index (χ2n) is 7.18. The molecule has 0 saturated heterocycles. The van der Waals surface area contributed by atoms with Crippen molar-refractivity contribution in [2.45, 2.75) is 12.1 Å². The molecule has 0 atom stereocenters. The number of anilines is 1. The summed E-state index contributed by atoms with van der Waals surface area (Å²) in [6.07, 6.45) is 0. The van der Waals surface area contributed by atoms with E-state index < -0.39 is 10.8 Å². The van der Waals surface area contributed by atoms with Crippen molar-refractivity contribution in [3.63, 3.8) is 0 Å². The van der Waals surface area contributed by atoms with E-state index in [1.807, 2.05) is 30.5 Å². The number of phenols is 1. The van der Waals surface area contributed by atoms with Crippen LogP contribution in [0, 0.1) is 17.0 Å². The Bertz CT molecular complexity index is 1480. The van der Waals surface area contributed by atoms with Crippen LogP contribution in [0.15, 0.2) is 51.7 Å². The van der Waals surface area contributed by atoms with Gasteiger partial charge in [-0.25, -0.2) is 4.98 Å². The molecular weight excluding hydrogens is 480 g/mol. The summed E-state index contributed by atoms with van der Waals surface area (Å²) in [4.78, 5) is 43.1. The molecule has 0 bridgehead atoms. The summed E-state index contributed by atoms with van der Waals surface area (Å²) >= 11 is 2.32. The molecular formula is C22H18N4O6S2. The Morgan fingerprint density at radius 2 is 2.12 bits per heavy atom. The fraction of sp³-hybridized carbons (Fsp3) is 0.136. The number of hydrogen-bond acceptors (Lipinski definition) is 9. The lowest BCUT2D eigenvalue weighted by Crippen LogP contribution is -2.15. The van der Waals surface area contributed by atoms with Gasteiger partial charge >= 0.3 is 0 Å². The Balaban J connectivity index is 1.51. The van der Waals surface area contributed by atoms with Crippen molar-refractivity contribution in [1.82, 2.24) is 9.97 Å². The van der Waals surface area contributed by atoms with E-state index in [0.29, 0.717) is 10.2 Å². The number of thiophene rings is 1. The van der Waals surface area contributed by atoms with E-state index in [1.54, 1.807) is 7.11 Å². The second-order valence-corrected chi connectivity index (χ2v) is 9.00. The zero-order valence-corrected chi connectivity index (χ0v) is 19.6. The molecule has 0 aliphatic heterocycles. The van der Waals surface area contributed by atoms with Crippen molar-refractivity contribution in [3.05, 3.63) is 67.8 Å². The SMILES string of the molecule is COc1ccc(-c2csc3nc(SCC(=O)Nc4cc([N+](=O)[O-])ccc4O)[nH]c(=O)c23)cc1C. The number of methoxy groups -OCH3 is 1. The highest BCUT2D eigenvalue weighted by atomic mass is 32.2. The number of ether oxygens (including phenoxy) is 1. The third-order valence-electron chi connectivity index (χ3n) is 4.93. The molecule has 34 heavy (non-hydrogen) atoms. The molecule has 2 aromatic carbocycles. The number of carbonyl (C=O) groups is 1. The molecule has 2 heterocycles. The largest absolute Gasteiger partial charge is 0.506 e. The van der Waals surface area contributed by atoms with Gasteiger partial charge in [0.1, 0.15) is 16.3 Å². The zero-order chi connectivity index (χ0) is 24.4. The lowest BCUT2D eigenvalue weighted by molar-refractivity contribution is -0.384. The zero-order valence-electron chi connectivity index (χ0n) is 17.9. The van der Waals surface area contributed by atoms with Crippen LogP contribution in [0.5, 0.6) is 11.5 Å². The summed E-state index contributed by atoms with van der Waals surface area (Å²) < 4.78 is 5.29. The maximum Gasteiger partial charge on any atom is 0.271 e. The maximum atomic E-state index is 12.8. The van der Waals surface area contributed by atoms with Gasteiger partial charge in [0, 0.05) is 23.1 Å².